The van der Waals surface area contributed by atoms with Crippen LogP contribution in [0, 0.1) is 5.82 Å². The first-order chi connectivity index (χ1) is 18.5. The first-order valence-corrected chi connectivity index (χ1v) is 12.5. The van der Waals surface area contributed by atoms with Crippen molar-refractivity contribution in [2.45, 2.75) is 20.0 Å². The van der Waals surface area contributed by atoms with Crippen LogP contribution in [0.25, 0.3) is 11.1 Å². The van der Waals surface area contributed by atoms with Crippen molar-refractivity contribution in [1.29, 1.82) is 0 Å². The van der Waals surface area contributed by atoms with Gasteiger partial charge in [-0.05, 0) is 58.5 Å². The molecule has 0 spiro atoms. The average Bonchev–Trinajstić information content (AvgIpc) is 2.95. The van der Waals surface area contributed by atoms with Crippen LogP contribution in [-0.2, 0) is 6.61 Å². The van der Waals surface area contributed by atoms with Crippen molar-refractivity contribution in [3.63, 3.8) is 0 Å². The summed E-state index contributed by atoms with van der Waals surface area (Å²) >= 11 is 0. The van der Waals surface area contributed by atoms with E-state index in [1.807, 2.05) is 84.9 Å². The second kappa shape index (κ2) is 13.1. The standard InChI is InChI=1S/C32H30FNO4/c1-2-28(24-11-7-4-8-12-24)31(25-13-15-26(16-14-25)37-20-19-34-32(35)36)29-18-17-27(21-30(29)33)38-22-23-9-5-3-6-10-23/h3-18,21,34H,2,19-20,22H2,1H3,(H,35,36)/b31-28+. The lowest BCUT2D eigenvalue weighted by Crippen LogP contribution is -2.26. The van der Waals surface area contributed by atoms with E-state index in [1.54, 1.807) is 12.1 Å². The Morgan fingerprint density at radius 2 is 1.47 bits per heavy atom. The molecule has 0 saturated carbocycles. The molecule has 0 aliphatic carbocycles. The van der Waals surface area contributed by atoms with E-state index in [4.69, 9.17) is 14.6 Å². The van der Waals surface area contributed by atoms with Gasteiger partial charge in [0.25, 0.3) is 0 Å². The van der Waals surface area contributed by atoms with Gasteiger partial charge in [0.05, 0.1) is 6.54 Å². The minimum atomic E-state index is -1.09. The van der Waals surface area contributed by atoms with Crippen molar-refractivity contribution in [2.75, 3.05) is 13.2 Å². The zero-order valence-electron chi connectivity index (χ0n) is 21.2. The lowest BCUT2D eigenvalue weighted by molar-refractivity contribution is 0.191. The van der Waals surface area contributed by atoms with Crippen LogP contribution in [0.4, 0.5) is 9.18 Å². The van der Waals surface area contributed by atoms with Gasteiger partial charge in [0, 0.05) is 11.6 Å². The predicted octanol–water partition coefficient (Wildman–Crippen LogP) is 7.42. The van der Waals surface area contributed by atoms with Crippen LogP contribution in [-0.4, -0.2) is 24.4 Å². The molecule has 2 N–H and O–H groups in total. The van der Waals surface area contributed by atoms with E-state index in [0.717, 1.165) is 27.8 Å². The van der Waals surface area contributed by atoms with Crippen molar-refractivity contribution in [2.24, 2.45) is 0 Å². The smallest absolute Gasteiger partial charge is 0.404 e. The number of carbonyl (C=O) groups is 1. The van der Waals surface area contributed by atoms with Crippen LogP contribution >= 0.6 is 0 Å². The average molecular weight is 512 g/mol. The fourth-order valence-corrected chi connectivity index (χ4v) is 4.23. The van der Waals surface area contributed by atoms with Crippen molar-refractivity contribution in [3.05, 3.63) is 131 Å². The van der Waals surface area contributed by atoms with Crippen LogP contribution in [0.5, 0.6) is 11.5 Å². The van der Waals surface area contributed by atoms with Crippen LogP contribution in [0.15, 0.2) is 103 Å². The molecule has 0 radical (unpaired) electrons. The number of hydrogen-bond donors (Lipinski definition) is 2. The van der Waals surface area contributed by atoms with Crippen molar-refractivity contribution in [1.82, 2.24) is 5.32 Å². The largest absolute Gasteiger partial charge is 0.492 e. The molecule has 0 aliphatic rings. The van der Waals surface area contributed by atoms with Crippen LogP contribution in [0.1, 0.15) is 35.6 Å². The molecule has 38 heavy (non-hydrogen) atoms. The lowest BCUT2D eigenvalue weighted by Gasteiger charge is -2.18. The van der Waals surface area contributed by atoms with Gasteiger partial charge in [0.1, 0.15) is 30.5 Å². The Kier molecular flexibility index (Phi) is 9.13. The van der Waals surface area contributed by atoms with E-state index in [1.165, 1.54) is 6.07 Å². The number of nitrogens with one attached hydrogen (secondary N) is 1. The highest BCUT2D eigenvalue weighted by Gasteiger charge is 2.17. The summed E-state index contributed by atoms with van der Waals surface area (Å²) in [4.78, 5) is 10.6. The molecule has 0 bridgehead atoms. The van der Waals surface area contributed by atoms with Gasteiger partial charge in [-0.2, -0.15) is 0 Å². The number of amides is 1. The summed E-state index contributed by atoms with van der Waals surface area (Å²) in [6, 6.07) is 32.1. The monoisotopic (exact) mass is 511 g/mol. The maximum absolute atomic E-state index is 15.7. The zero-order chi connectivity index (χ0) is 26.7. The van der Waals surface area contributed by atoms with E-state index < -0.39 is 6.09 Å². The van der Waals surface area contributed by atoms with Gasteiger partial charge in [-0.25, -0.2) is 9.18 Å². The van der Waals surface area contributed by atoms with Gasteiger partial charge in [-0.15, -0.1) is 0 Å². The van der Waals surface area contributed by atoms with E-state index in [2.05, 4.69) is 12.2 Å². The molecule has 0 fully saturated rings. The molecule has 1 amide bonds. The quantitative estimate of drug-likeness (QED) is 0.162. The van der Waals surface area contributed by atoms with Crippen molar-refractivity contribution < 1.29 is 23.8 Å². The SMILES string of the molecule is CC/C(=C(/c1ccc(OCCNC(=O)O)cc1)c1ccc(OCc2ccccc2)cc1F)c1ccccc1. The third-order valence-corrected chi connectivity index (χ3v) is 6.03. The number of carboxylic acid groups (broad SMARTS) is 1. The van der Waals surface area contributed by atoms with Gasteiger partial charge < -0.3 is 19.9 Å². The third kappa shape index (κ3) is 7.01. The Bertz CT molecular complexity index is 1370. The second-order valence-electron chi connectivity index (χ2n) is 8.59. The summed E-state index contributed by atoms with van der Waals surface area (Å²) in [5.41, 5.74) is 5.17. The van der Waals surface area contributed by atoms with Crippen LogP contribution in [0.3, 0.4) is 0 Å². The molecule has 4 rings (SSSR count). The molecule has 0 aromatic heterocycles. The number of rotatable bonds is 11. The molecule has 194 valence electrons. The number of allylic oxidation sites excluding steroid dienone is 1. The maximum atomic E-state index is 15.7. The fraction of sp³-hybridized carbons (Fsp3) is 0.156. The molecule has 6 heteroatoms. The first-order valence-electron chi connectivity index (χ1n) is 12.5. The molecule has 0 aliphatic heterocycles. The topological polar surface area (TPSA) is 67.8 Å². The molecule has 0 unspecified atom stereocenters. The summed E-state index contributed by atoms with van der Waals surface area (Å²) in [7, 11) is 0. The molecule has 0 heterocycles. The highest BCUT2D eigenvalue weighted by molar-refractivity contribution is 5.98. The Morgan fingerprint density at radius 1 is 0.816 bits per heavy atom. The molecule has 4 aromatic rings. The van der Waals surface area contributed by atoms with E-state index in [0.29, 0.717) is 30.1 Å². The number of halogens is 1. The maximum Gasteiger partial charge on any atom is 0.404 e. The molecule has 5 nitrogen and oxygen atoms in total. The lowest BCUT2D eigenvalue weighted by atomic mass is 9.88. The summed E-state index contributed by atoms with van der Waals surface area (Å²) < 4.78 is 27.2. The predicted molar refractivity (Wildman–Crippen MR) is 148 cm³/mol. The molecular formula is C32H30FNO4. The molecule has 4 aromatic carbocycles. The Labute approximate surface area is 222 Å². The van der Waals surface area contributed by atoms with E-state index in [9.17, 15) is 4.79 Å². The Morgan fingerprint density at radius 3 is 2.11 bits per heavy atom. The normalized spacial score (nSPS) is 11.4. The van der Waals surface area contributed by atoms with Gasteiger partial charge in [0.2, 0.25) is 0 Å². The highest BCUT2D eigenvalue weighted by atomic mass is 19.1. The molecule has 0 saturated heterocycles. The van der Waals surface area contributed by atoms with Crippen molar-refractivity contribution >= 4 is 17.2 Å². The van der Waals surface area contributed by atoms with Crippen LogP contribution < -0.4 is 14.8 Å². The van der Waals surface area contributed by atoms with E-state index >= 15 is 4.39 Å². The number of benzene rings is 4. The van der Waals surface area contributed by atoms with Crippen molar-refractivity contribution in [3.8, 4) is 11.5 Å². The summed E-state index contributed by atoms with van der Waals surface area (Å²) in [5, 5.41) is 11.0. The van der Waals surface area contributed by atoms with Gasteiger partial charge in [-0.3, -0.25) is 0 Å². The Hall–Kier alpha value is -4.58. The number of hydrogen-bond acceptors (Lipinski definition) is 3. The summed E-state index contributed by atoms with van der Waals surface area (Å²) in [5.74, 6) is 0.696. The molecular weight excluding hydrogens is 481 g/mol. The highest BCUT2D eigenvalue weighted by Crippen LogP contribution is 2.37. The molecule has 0 atom stereocenters. The van der Waals surface area contributed by atoms with Gasteiger partial charge in [-0.1, -0.05) is 79.7 Å². The second-order valence-corrected chi connectivity index (χ2v) is 8.59. The first kappa shape index (κ1) is 26.5. The van der Waals surface area contributed by atoms with E-state index in [-0.39, 0.29) is 19.0 Å². The van der Waals surface area contributed by atoms with Gasteiger partial charge >= 0.3 is 6.09 Å². The fourth-order valence-electron chi connectivity index (χ4n) is 4.23. The number of ether oxygens (including phenoxy) is 2. The minimum Gasteiger partial charge on any atom is -0.492 e. The summed E-state index contributed by atoms with van der Waals surface area (Å²) in [6.45, 7) is 2.80. The van der Waals surface area contributed by atoms with Crippen LogP contribution in [0.2, 0.25) is 0 Å². The third-order valence-electron chi connectivity index (χ3n) is 6.03. The minimum absolute atomic E-state index is 0.181. The van der Waals surface area contributed by atoms with Gasteiger partial charge in [0.15, 0.2) is 0 Å². The Balaban J connectivity index is 1.65. The zero-order valence-corrected chi connectivity index (χ0v) is 21.2. The summed E-state index contributed by atoms with van der Waals surface area (Å²) in [6.07, 6.45) is -0.394.